The third kappa shape index (κ3) is 1.69. The van der Waals surface area contributed by atoms with E-state index >= 15 is 0 Å². The molecule has 2 heterocycles. The van der Waals surface area contributed by atoms with Gasteiger partial charge < -0.3 is 4.98 Å². The highest BCUT2D eigenvalue weighted by Gasteiger charge is 2.13. The van der Waals surface area contributed by atoms with E-state index in [9.17, 15) is 0 Å². The topological polar surface area (TPSA) is 15.8 Å². The van der Waals surface area contributed by atoms with Gasteiger partial charge in [-0.2, -0.15) is 0 Å². The third-order valence-corrected chi connectivity index (χ3v) is 5.16. The second-order valence-electron chi connectivity index (χ2n) is 5.12. The van der Waals surface area contributed by atoms with Crippen molar-refractivity contribution in [2.75, 3.05) is 0 Å². The Kier molecular flexibility index (Phi) is 2.72. The molecule has 0 spiro atoms. The first-order valence-electron chi connectivity index (χ1n) is 7.04. The van der Waals surface area contributed by atoms with Gasteiger partial charge in [0.2, 0.25) is 0 Å². The highest BCUT2D eigenvalue weighted by Crippen LogP contribution is 2.39. The number of allylic oxidation sites excluding steroid dienone is 1. The predicted molar refractivity (Wildman–Crippen MR) is 96.0 cm³/mol. The molecule has 0 saturated heterocycles. The average Bonchev–Trinajstić information content (AvgIpc) is 3.06. The maximum Gasteiger partial charge on any atom is 0.0646 e. The minimum absolute atomic E-state index is 1.20. The lowest BCUT2D eigenvalue weighted by atomic mass is 10.1. The first-order valence-corrected chi connectivity index (χ1v) is 7.86. The van der Waals surface area contributed by atoms with E-state index in [2.05, 4.69) is 67.0 Å². The molecule has 0 aliphatic heterocycles. The summed E-state index contributed by atoms with van der Waals surface area (Å²) in [6.45, 7) is 6.01. The van der Waals surface area contributed by atoms with Gasteiger partial charge in [-0.15, -0.1) is 11.3 Å². The Balaban J connectivity index is 2.21. The molecule has 0 aliphatic carbocycles. The molecule has 2 heteroatoms. The summed E-state index contributed by atoms with van der Waals surface area (Å²) in [5.74, 6) is 0. The summed E-state index contributed by atoms with van der Waals surface area (Å²) in [5.41, 5.74) is 3.70. The van der Waals surface area contributed by atoms with Gasteiger partial charge in [-0.25, -0.2) is 0 Å². The van der Waals surface area contributed by atoms with Gasteiger partial charge in [0.15, 0.2) is 0 Å². The zero-order valence-electron chi connectivity index (χ0n) is 11.8. The first-order chi connectivity index (χ1) is 10.3. The first kappa shape index (κ1) is 12.4. The number of nitrogens with one attached hydrogen (secondary N) is 1. The van der Waals surface area contributed by atoms with Crippen molar-refractivity contribution in [3.8, 4) is 0 Å². The van der Waals surface area contributed by atoms with Crippen molar-refractivity contribution in [3.05, 3.63) is 59.5 Å². The summed E-state index contributed by atoms with van der Waals surface area (Å²) in [6, 6.07) is 12.9. The van der Waals surface area contributed by atoms with E-state index in [1.54, 1.807) is 0 Å². The lowest BCUT2D eigenvalue weighted by Gasteiger charge is -1.95. The van der Waals surface area contributed by atoms with Crippen LogP contribution in [0.3, 0.4) is 0 Å². The van der Waals surface area contributed by atoms with Crippen LogP contribution in [0, 0.1) is 0 Å². The number of hydrogen-bond acceptors (Lipinski definition) is 1. The van der Waals surface area contributed by atoms with Gasteiger partial charge >= 0.3 is 0 Å². The van der Waals surface area contributed by atoms with Gasteiger partial charge in [0, 0.05) is 32.1 Å². The molecular formula is C19H15NS. The summed E-state index contributed by atoms with van der Waals surface area (Å²) >= 11 is 1.81. The van der Waals surface area contributed by atoms with Crippen molar-refractivity contribution >= 4 is 55.4 Å². The van der Waals surface area contributed by atoms with Crippen LogP contribution in [0.1, 0.15) is 17.4 Å². The minimum Gasteiger partial charge on any atom is -0.353 e. The molecular weight excluding hydrogens is 274 g/mol. The number of rotatable bonds is 2. The number of H-pyrrole nitrogens is 1. The van der Waals surface area contributed by atoms with Crippen molar-refractivity contribution in [1.29, 1.82) is 0 Å². The zero-order chi connectivity index (χ0) is 14.4. The Morgan fingerprint density at radius 1 is 1.05 bits per heavy atom. The summed E-state index contributed by atoms with van der Waals surface area (Å²) < 4.78 is 1.31. The maximum atomic E-state index is 3.96. The van der Waals surface area contributed by atoms with E-state index in [-0.39, 0.29) is 0 Å². The number of fused-ring (bicyclic) bond motifs is 5. The number of benzene rings is 2. The standard InChI is InChI=1S/C19H15NS/c1-3-7-13-15-11-10-14-12-8-5-6-9-16(12)20-18(14)19(15)21-17(13)4-2/h3-11,20H,2H2,1H3/b7-3-. The van der Waals surface area contributed by atoms with Crippen molar-refractivity contribution in [1.82, 2.24) is 4.98 Å². The third-order valence-electron chi connectivity index (χ3n) is 3.92. The Morgan fingerprint density at radius 3 is 2.67 bits per heavy atom. The average molecular weight is 289 g/mol. The van der Waals surface area contributed by atoms with E-state index in [0.29, 0.717) is 0 Å². The molecule has 1 N–H and O–H groups in total. The van der Waals surface area contributed by atoms with Crippen molar-refractivity contribution in [2.24, 2.45) is 0 Å². The maximum absolute atomic E-state index is 3.96. The second kappa shape index (κ2) is 4.61. The van der Waals surface area contributed by atoms with E-state index < -0.39 is 0 Å². The van der Waals surface area contributed by atoms with Crippen LogP contribution < -0.4 is 0 Å². The molecule has 4 aromatic rings. The molecule has 0 amide bonds. The number of para-hydroxylation sites is 1. The number of thiophene rings is 1. The van der Waals surface area contributed by atoms with Crippen LogP contribution in [0.5, 0.6) is 0 Å². The molecule has 0 aliphatic rings. The summed E-state index contributed by atoms with van der Waals surface area (Å²) in [7, 11) is 0. The number of aromatic amines is 1. The van der Waals surface area contributed by atoms with Crippen LogP contribution in [0.15, 0.2) is 49.1 Å². The van der Waals surface area contributed by atoms with Gasteiger partial charge in [-0.05, 0) is 13.0 Å². The smallest absolute Gasteiger partial charge is 0.0646 e. The molecule has 4 rings (SSSR count). The molecule has 0 saturated carbocycles. The summed E-state index contributed by atoms with van der Waals surface area (Å²) in [4.78, 5) is 4.81. The molecule has 2 aromatic carbocycles. The largest absolute Gasteiger partial charge is 0.353 e. The highest BCUT2D eigenvalue weighted by molar-refractivity contribution is 7.21. The van der Waals surface area contributed by atoms with Gasteiger partial charge in [0.25, 0.3) is 0 Å². The highest BCUT2D eigenvalue weighted by atomic mass is 32.1. The summed E-state index contributed by atoms with van der Waals surface area (Å²) in [6.07, 6.45) is 6.21. The SMILES string of the molecule is C=Cc1sc2c(ccc3c4ccccc4[nH]c32)c1/C=C\C. The normalized spacial score (nSPS) is 12.0. The zero-order valence-corrected chi connectivity index (χ0v) is 12.6. The lowest BCUT2D eigenvalue weighted by molar-refractivity contribution is 1.57. The second-order valence-corrected chi connectivity index (χ2v) is 6.17. The Hall–Kier alpha value is -2.32. The van der Waals surface area contributed by atoms with E-state index in [1.165, 1.54) is 42.3 Å². The van der Waals surface area contributed by atoms with Crippen LogP contribution in [-0.2, 0) is 0 Å². The molecule has 102 valence electrons. The van der Waals surface area contributed by atoms with E-state index in [4.69, 9.17) is 0 Å². The summed E-state index contributed by atoms with van der Waals surface area (Å²) in [5, 5.41) is 3.88. The number of aromatic nitrogens is 1. The van der Waals surface area contributed by atoms with Crippen molar-refractivity contribution in [2.45, 2.75) is 6.92 Å². The molecule has 21 heavy (non-hydrogen) atoms. The Morgan fingerprint density at radius 2 is 1.86 bits per heavy atom. The monoisotopic (exact) mass is 289 g/mol. The Bertz CT molecular complexity index is 1010. The van der Waals surface area contributed by atoms with Gasteiger partial charge in [0.05, 0.1) is 10.2 Å². The molecule has 0 fully saturated rings. The molecule has 0 atom stereocenters. The quantitative estimate of drug-likeness (QED) is 0.451. The van der Waals surface area contributed by atoms with Gasteiger partial charge in [0.1, 0.15) is 0 Å². The van der Waals surface area contributed by atoms with Crippen LogP contribution in [0.25, 0.3) is 44.0 Å². The molecule has 0 radical (unpaired) electrons. The van der Waals surface area contributed by atoms with Gasteiger partial charge in [-0.3, -0.25) is 0 Å². The molecule has 1 nitrogen and oxygen atoms in total. The van der Waals surface area contributed by atoms with Crippen LogP contribution in [0.2, 0.25) is 0 Å². The Labute approximate surface area is 127 Å². The van der Waals surface area contributed by atoms with E-state index in [0.717, 1.165) is 0 Å². The number of hydrogen-bond donors (Lipinski definition) is 1. The molecule has 0 bridgehead atoms. The lowest BCUT2D eigenvalue weighted by Crippen LogP contribution is -1.73. The fourth-order valence-electron chi connectivity index (χ4n) is 3.00. The van der Waals surface area contributed by atoms with Crippen LogP contribution in [0.4, 0.5) is 0 Å². The van der Waals surface area contributed by atoms with Crippen LogP contribution in [-0.4, -0.2) is 4.98 Å². The fraction of sp³-hybridized carbons (Fsp3) is 0.0526. The minimum atomic E-state index is 1.20. The van der Waals surface area contributed by atoms with Crippen molar-refractivity contribution < 1.29 is 0 Å². The fourth-order valence-corrected chi connectivity index (χ4v) is 4.14. The van der Waals surface area contributed by atoms with Crippen molar-refractivity contribution in [3.63, 3.8) is 0 Å². The molecule has 0 unspecified atom stereocenters. The predicted octanol–water partition coefficient (Wildman–Crippen LogP) is 6.21. The van der Waals surface area contributed by atoms with Gasteiger partial charge in [-0.1, -0.05) is 55.1 Å². The van der Waals surface area contributed by atoms with Crippen LogP contribution >= 0.6 is 11.3 Å². The van der Waals surface area contributed by atoms with E-state index in [1.807, 2.05) is 17.4 Å². The molecule has 2 aromatic heterocycles.